The Morgan fingerprint density at radius 1 is 1.17 bits per heavy atom. The number of carbonyl (C=O) groups is 2. The minimum Gasteiger partial charge on any atom is -0.459 e. The Morgan fingerprint density at radius 3 is 2.66 bits per heavy atom. The fraction of sp³-hybridized carbons (Fsp3) is 0.478. The van der Waals surface area contributed by atoms with Gasteiger partial charge in [-0.05, 0) is 55.0 Å². The Bertz CT molecular complexity index is 810. The van der Waals surface area contributed by atoms with Crippen LogP contribution < -0.4 is 10.6 Å². The Morgan fingerprint density at radius 2 is 1.97 bits per heavy atom. The Hall–Kier alpha value is -2.60. The smallest absolute Gasteiger partial charge is 0.291 e. The number of amides is 2. The number of anilines is 1. The highest BCUT2D eigenvalue weighted by atomic mass is 16.3. The summed E-state index contributed by atoms with van der Waals surface area (Å²) in [4.78, 5) is 24.8. The van der Waals surface area contributed by atoms with Crippen molar-refractivity contribution in [1.82, 2.24) is 5.32 Å². The topological polar surface area (TPSA) is 91.6 Å². The summed E-state index contributed by atoms with van der Waals surface area (Å²) in [5, 5.41) is 15.4. The summed E-state index contributed by atoms with van der Waals surface area (Å²) >= 11 is 0. The van der Waals surface area contributed by atoms with Crippen molar-refractivity contribution >= 4 is 17.5 Å². The van der Waals surface area contributed by atoms with E-state index < -0.39 is 0 Å². The quantitative estimate of drug-likeness (QED) is 0.623. The van der Waals surface area contributed by atoms with Crippen molar-refractivity contribution in [3.05, 3.63) is 53.5 Å². The van der Waals surface area contributed by atoms with Gasteiger partial charge in [-0.25, -0.2) is 0 Å². The van der Waals surface area contributed by atoms with Crippen LogP contribution in [-0.2, 0) is 0 Å². The maximum atomic E-state index is 12.6. The molecule has 0 unspecified atom stereocenters. The first kappa shape index (κ1) is 21.1. The second kappa shape index (κ2) is 10.3. The maximum Gasteiger partial charge on any atom is 0.291 e. The molecule has 29 heavy (non-hydrogen) atoms. The number of benzene rings is 1. The standard InChI is InChI=1S/C23H30N2O4/c1-16-9-10-19(13-20(16)25-23(28)21-8-5-11-29-21)22(27)24-14-18(15-26)12-17-6-3-2-4-7-17/h5,8-11,13,17-18,26H,2-4,6-7,12,14-15H2,1H3,(H,24,27)(H,25,28)/t18-/m1/s1. The third-order valence-corrected chi connectivity index (χ3v) is 5.69. The number of hydrogen-bond acceptors (Lipinski definition) is 4. The van der Waals surface area contributed by atoms with Crippen LogP contribution in [0, 0.1) is 18.8 Å². The lowest BCUT2D eigenvalue weighted by molar-refractivity contribution is 0.0931. The maximum absolute atomic E-state index is 12.6. The van der Waals surface area contributed by atoms with Crippen LogP contribution >= 0.6 is 0 Å². The Labute approximate surface area is 171 Å². The Balaban J connectivity index is 1.57. The molecule has 1 heterocycles. The fourth-order valence-electron chi connectivity index (χ4n) is 3.95. The van der Waals surface area contributed by atoms with Gasteiger partial charge in [0.05, 0.1) is 6.26 Å². The third-order valence-electron chi connectivity index (χ3n) is 5.69. The van der Waals surface area contributed by atoms with Gasteiger partial charge in [0, 0.05) is 24.4 Å². The molecular formula is C23H30N2O4. The molecule has 0 bridgehead atoms. The normalized spacial score (nSPS) is 15.7. The van der Waals surface area contributed by atoms with Crippen molar-refractivity contribution in [2.45, 2.75) is 45.4 Å². The van der Waals surface area contributed by atoms with Crippen molar-refractivity contribution < 1.29 is 19.1 Å². The summed E-state index contributed by atoms with van der Waals surface area (Å²) in [7, 11) is 0. The molecule has 6 nitrogen and oxygen atoms in total. The number of aryl methyl sites for hydroxylation is 1. The predicted octanol–water partition coefficient (Wildman–Crippen LogP) is 4.15. The Kier molecular flexibility index (Phi) is 7.47. The molecule has 156 valence electrons. The number of carbonyl (C=O) groups excluding carboxylic acids is 2. The molecule has 2 aromatic rings. The van der Waals surface area contributed by atoms with Crippen molar-refractivity contribution in [1.29, 1.82) is 0 Å². The van der Waals surface area contributed by atoms with Crippen molar-refractivity contribution in [3.8, 4) is 0 Å². The van der Waals surface area contributed by atoms with Gasteiger partial charge in [-0.15, -0.1) is 0 Å². The molecule has 0 saturated heterocycles. The highest BCUT2D eigenvalue weighted by Gasteiger charge is 2.20. The lowest BCUT2D eigenvalue weighted by atomic mass is 9.83. The van der Waals surface area contributed by atoms with E-state index in [1.54, 1.807) is 30.3 Å². The molecule has 1 fully saturated rings. The van der Waals surface area contributed by atoms with Crippen LogP contribution in [0.15, 0.2) is 41.0 Å². The van der Waals surface area contributed by atoms with E-state index in [1.165, 1.54) is 38.4 Å². The number of hydrogen-bond donors (Lipinski definition) is 3. The van der Waals surface area contributed by atoms with E-state index in [0.29, 0.717) is 23.7 Å². The highest BCUT2D eigenvalue weighted by molar-refractivity contribution is 6.03. The van der Waals surface area contributed by atoms with Gasteiger partial charge in [0.2, 0.25) is 0 Å². The fourth-order valence-corrected chi connectivity index (χ4v) is 3.95. The SMILES string of the molecule is Cc1ccc(C(=O)NC[C@H](CO)CC2CCCCC2)cc1NC(=O)c1ccco1. The second-order valence-corrected chi connectivity index (χ2v) is 7.96. The largest absolute Gasteiger partial charge is 0.459 e. The first-order valence-electron chi connectivity index (χ1n) is 10.4. The molecule has 6 heteroatoms. The minimum atomic E-state index is -0.358. The zero-order valence-corrected chi connectivity index (χ0v) is 16.9. The number of aliphatic hydroxyl groups excluding tert-OH is 1. The van der Waals surface area contributed by atoms with Gasteiger partial charge in [-0.2, -0.15) is 0 Å². The van der Waals surface area contributed by atoms with Gasteiger partial charge in [0.1, 0.15) is 0 Å². The molecule has 0 spiro atoms. The molecule has 0 radical (unpaired) electrons. The summed E-state index contributed by atoms with van der Waals surface area (Å²) in [6, 6.07) is 8.44. The van der Waals surface area contributed by atoms with E-state index in [0.717, 1.165) is 12.0 Å². The molecule has 1 aromatic heterocycles. The third kappa shape index (κ3) is 5.94. The van der Waals surface area contributed by atoms with Crippen LogP contribution in [0.5, 0.6) is 0 Å². The van der Waals surface area contributed by atoms with E-state index in [-0.39, 0.29) is 30.1 Å². The summed E-state index contributed by atoms with van der Waals surface area (Å²) in [6.07, 6.45) is 8.69. The number of furan rings is 1. The van der Waals surface area contributed by atoms with Crippen molar-refractivity contribution in [2.24, 2.45) is 11.8 Å². The van der Waals surface area contributed by atoms with Crippen molar-refractivity contribution in [3.63, 3.8) is 0 Å². The van der Waals surface area contributed by atoms with Crippen LogP contribution in [0.25, 0.3) is 0 Å². The van der Waals surface area contributed by atoms with E-state index >= 15 is 0 Å². The average Bonchev–Trinajstić information content (AvgIpc) is 3.28. The zero-order chi connectivity index (χ0) is 20.6. The van der Waals surface area contributed by atoms with E-state index in [9.17, 15) is 14.7 Å². The second-order valence-electron chi connectivity index (χ2n) is 7.96. The van der Waals surface area contributed by atoms with Crippen LogP contribution in [-0.4, -0.2) is 30.1 Å². The molecule has 2 amide bonds. The average molecular weight is 399 g/mol. The van der Waals surface area contributed by atoms with Crippen LogP contribution in [0.1, 0.15) is 65.0 Å². The monoisotopic (exact) mass is 398 g/mol. The van der Waals surface area contributed by atoms with Gasteiger partial charge in [-0.3, -0.25) is 9.59 Å². The van der Waals surface area contributed by atoms with Crippen LogP contribution in [0.3, 0.4) is 0 Å². The number of nitrogens with one attached hydrogen (secondary N) is 2. The molecule has 1 atom stereocenters. The number of aliphatic hydroxyl groups is 1. The van der Waals surface area contributed by atoms with Gasteiger partial charge in [0.25, 0.3) is 11.8 Å². The van der Waals surface area contributed by atoms with Gasteiger partial charge >= 0.3 is 0 Å². The first-order valence-corrected chi connectivity index (χ1v) is 10.4. The van der Waals surface area contributed by atoms with Gasteiger partial charge < -0.3 is 20.2 Å². The lowest BCUT2D eigenvalue weighted by Gasteiger charge is -2.25. The molecule has 0 aliphatic heterocycles. The van der Waals surface area contributed by atoms with E-state index in [4.69, 9.17) is 4.42 Å². The molecule has 1 saturated carbocycles. The molecule has 1 aromatic carbocycles. The van der Waals surface area contributed by atoms with Crippen LogP contribution in [0.4, 0.5) is 5.69 Å². The van der Waals surface area contributed by atoms with Gasteiger partial charge in [0.15, 0.2) is 5.76 Å². The van der Waals surface area contributed by atoms with Crippen LogP contribution in [0.2, 0.25) is 0 Å². The van der Waals surface area contributed by atoms with E-state index in [1.807, 2.05) is 6.92 Å². The summed E-state index contributed by atoms with van der Waals surface area (Å²) in [5.74, 6) is 0.378. The summed E-state index contributed by atoms with van der Waals surface area (Å²) in [6.45, 7) is 2.40. The summed E-state index contributed by atoms with van der Waals surface area (Å²) in [5.41, 5.74) is 1.90. The first-order chi connectivity index (χ1) is 14.1. The molecule has 1 aliphatic rings. The predicted molar refractivity (Wildman–Crippen MR) is 112 cm³/mol. The van der Waals surface area contributed by atoms with Crippen molar-refractivity contribution in [2.75, 3.05) is 18.5 Å². The highest BCUT2D eigenvalue weighted by Crippen LogP contribution is 2.29. The number of rotatable bonds is 8. The van der Waals surface area contributed by atoms with Gasteiger partial charge in [-0.1, -0.05) is 38.2 Å². The molecule has 3 rings (SSSR count). The summed E-state index contributed by atoms with van der Waals surface area (Å²) < 4.78 is 5.11. The van der Waals surface area contributed by atoms with E-state index in [2.05, 4.69) is 10.6 Å². The lowest BCUT2D eigenvalue weighted by Crippen LogP contribution is -2.32. The molecular weight excluding hydrogens is 368 g/mol. The minimum absolute atomic E-state index is 0.0747. The molecule has 3 N–H and O–H groups in total. The zero-order valence-electron chi connectivity index (χ0n) is 16.9. The molecule has 1 aliphatic carbocycles.